The van der Waals surface area contributed by atoms with Crippen LogP contribution in [0.2, 0.25) is 5.02 Å². The molecule has 0 fully saturated rings. The molecule has 0 radical (unpaired) electrons. The number of hydrogen-bond donors (Lipinski definition) is 2. The van der Waals surface area contributed by atoms with Crippen molar-refractivity contribution in [2.45, 2.75) is 19.8 Å². The molecule has 0 aliphatic carbocycles. The molecule has 0 unspecified atom stereocenters. The first-order valence-electron chi connectivity index (χ1n) is 8.53. The second kappa shape index (κ2) is 10.3. The van der Waals surface area contributed by atoms with Crippen LogP contribution in [0.1, 0.15) is 24.0 Å². The number of nitrogens with one attached hydrogen (secondary N) is 2. The first kappa shape index (κ1) is 21.2. The number of halogens is 1. The minimum atomic E-state index is -0.373. The number of hydrazone groups is 1. The molecule has 0 bridgehead atoms. The van der Waals surface area contributed by atoms with Crippen molar-refractivity contribution in [1.82, 2.24) is 5.43 Å². The summed E-state index contributed by atoms with van der Waals surface area (Å²) in [7, 11) is 3.09. The largest absolute Gasteiger partial charge is 0.497 e. The number of nitrogens with zero attached hydrogens (tertiary/aromatic N) is 1. The highest BCUT2D eigenvalue weighted by Crippen LogP contribution is 2.24. The maximum atomic E-state index is 12.0. The van der Waals surface area contributed by atoms with Gasteiger partial charge in [-0.25, -0.2) is 5.43 Å². The van der Waals surface area contributed by atoms with E-state index in [4.69, 9.17) is 21.1 Å². The van der Waals surface area contributed by atoms with Crippen molar-refractivity contribution in [3.63, 3.8) is 0 Å². The molecule has 2 aromatic carbocycles. The van der Waals surface area contributed by atoms with Gasteiger partial charge in [0.25, 0.3) is 0 Å². The van der Waals surface area contributed by atoms with Crippen molar-refractivity contribution < 1.29 is 19.1 Å². The van der Waals surface area contributed by atoms with Crippen molar-refractivity contribution in [2.75, 3.05) is 19.5 Å². The number of hydrogen-bond acceptors (Lipinski definition) is 5. The quantitative estimate of drug-likeness (QED) is 0.521. The molecule has 2 aromatic rings. The van der Waals surface area contributed by atoms with Gasteiger partial charge in [-0.15, -0.1) is 0 Å². The summed E-state index contributed by atoms with van der Waals surface area (Å²) in [6, 6.07) is 10.5. The molecular weight excluding hydrogens is 382 g/mol. The standard InChI is InChI=1S/C20H22ClN3O4/c1-13-16(21)5-4-6-17(13)23-19(25)9-10-20(26)24-22-12-14-7-8-15(27-2)11-18(14)28-3/h4-8,11-12H,9-10H2,1-3H3,(H,23,25)(H,24,26)/b22-12+. The van der Waals surface area contributed by atoms with E-state index in [0.717, 1.165) is 5.56 Å². The maximum Gasteiger partial charge on any atom is 0.240 e. The van der Waals surface area contributed by atoms with Gasteiger partial charge in [-0.05, 0) is 36.8 Å². The third kappa shape index (κ3) is 5.99. The Morgan fingerprint density at radius 3 is 2.57 bits per heavy atom. The smallest absolute Gasteiger partial charge is 0.240 e. The Hall–Kier alpha value is -3.06. The van der Waals surface area contributed by atoms with Crippen molar-refractivity contribution in [3.8, 4) is 11.5 Å². The Kier molecular flexibility index (Phi) is 7.83. The van der Waals surface area contributed by atoms with E-state index in [-0.39, 0.29) is 24.7 Å². The fraction of sp³-hybridized carbons (Fsp3) is 0.250. The first-order chi connectivity index (χ1) is 13.4. The summed E-state index contributed by atoms with van der Waals surface area (Å²) in [5, 5.41) is 7.21. The van der Waals surface area contributed by atoms with Crippen LogP contribution in [0.15, 0.2) is 41.5 Å². The van der Waals surface area contributed by atoms with Gasteiger partial charge in [0.15, 0.2) is 0 Å². The Morgan fingerprint density at radius 1 is 1.11 bits per heavy atom. The van der Waals surface area contributed by atoms with E-state index in [1.165, 1.54) is 13.3 Å². The fourth-order valence-electron chi connectivity index (χ4n) is 2.34. The highest BCUT2D eigenvalue weighted by Gasteiger charge is 2.09. The van der Waals surface area contributed by atoms with Crippen molar-refractivity contribution in [2.24, 2.45) is 5.10 Å². The molecule has 0 aromatic heterocycles. The number of ether oxygens (including phenoxy) is 2. The van der Waals surface area contributed by atoms with Crippen LogP contribution in [0, 0.1) is 6.92 Å². The Bertz CT molecular complexity index is 884. The lowest BCUT2D eigenvalue weighted by atomic mass is 10.2. The molecule has 0 atom stereocenters. The Balaban J connectivity index is 1.83. The van der Waals surface area contributed by atoms with Gasteiger partial charge in [0, 0.05) is 35.2 Å². The van der Waals surface area contributed by atoms with E-state index in [1.807, 2.05) is 6.92 Å². The molecule has 0 saturated heterocycles. The maximum absolute atomic E-state index is 12.0. The van der Waals surface area contributed by atoms with Gasteiger partial charge in [-0.2, -0.15) is 5.10 Å². The third-order valence-corrected chi connectivity index (χ3v) is 4.36. The van der Waals surface area contributed by atoms with Crippen molar-refractivity contribution >= 4 is 35.3 Å². The van der Waals surface area contributed by atoms with Crippen molar-refractivity contribution in [3.05, 3.63) is 52.5 Å². The minimum absolute atomic E-state index is 0.00251. The highest BCUT2D eigenvalue weighted by atomic mass is 35.5. The third-order valence-electron chi connectivity index (χ3n) is 3.95. The molecule has 7 nitrogen and oxygen atoms in total. The van der Waals surface area contributed by atoms with E-state index in [0.29, 0.717) is 27.8 Å². The van der Waals surface area contributed by atoms with E-state index in [9.17, 15) is 9.59 Å². The van der Waals surface area contributed by atoms with Crippen LogP contribution in [0.5, 0.6) is 11.5 Å². The lowest BCUT2D eigenvalue weighted by Gasteiger charge is -2.09. The Labute approximate surface area is 168 Å². The summed E-state index contributed by atoms with van der Waals surface area (Å²) < 4.78 is 10.4. The molecule has 0 spiro atoms. The van der Waals surface area contributed by atoms with E-state index in [1.54, 1.807) is 43.5 Å². The van der Waals surface area contributed by atoms with Gasteiger partial charge in [-0.3, -0.25) is 9.59 Å². The summed E-state index contributed by atoms with van der Waals surface area (Å²) >= 11 is 6.02. The molecule has 2 amide bonds. The molecule has 0 aliphatic heterocycles. The number of carbonyl (C=O) groups excluding carboxylic acids is 2. The molecule has 148 valence electrons. The normalized spacial score (nSPS) is 10.6. The highest BCUT2D eigenvalue weighted by molar-refractivity contribution is 6.31. The number of benzene rings is 2. The molecule has 2 rings (SSSR count). The predicted molar refractivity (Wildman–Crippen MR) is 109 cm³/mol. The van der Waals surface area contributed by atoms with Crippen LogP contribution in [-0.4, -0.2) is 32.2 Å². The monoisotopic (exact) mass is 403 g/mol. The Morgan fingerprint density at radius 2 is 1.86 bits per heavy atom. The second-order valence-electron chi connectivity index (χ2n) is 5.86. The van der Waals surface area contributed by atoms with Gasteiger partial charge in [-0.1, -0.05) is 17.7 Å². The van der Waals surface area contributed by atoms with Crippen LogP contribution in [0.4, 0.5) is 5.69 Å². The fourth-order valence-corrected chi connectivity index (χ4v) is 2.51. The van der Waals surface area contributed by atoms with Crippen LogP contribution >= 0.6 is 11.6 Å². The van der Waals surface area contributed by atoms with Crippen LogP contribution < -0.4 is 20.2 Å². The molecule has 2 N–H and O–H groups in total. The summed E-state index contributed by atoms with van der Waals surface area (Å²) in [5.41, 5.74) is 4.48. The first-order valence-corrected chi connectivity index (χ1v) is 8.91. The predicted octanol–water partition coefficient (Wildman–Crippen LogP) is 3.53. The summed E-state index contributed by atoms with van der Waals surface area (Å²) in [6.45, 7) is 1.81. The zero-order valence-electron chi connectivity index (χ0n) is 15.9. The second-order valence-corrected chi connectivity index (χ2v) is 6.27. The zero-order valence-corrected chi connectivity index (χ0v) is 16.7. The molecule has 0 heterocycles. The average Bonchev–Trinajstić information content (AvgIpc) is 2.70. The summed E-state index contributed by atoms with van der Waals surface area (Å²) in [6.07, 6.45) is 1.49. The average molecular weight is 404 g/mol. The minimum Gasteiger partial charge on any atom is -0.497 e. The van der Waals surface area contributed by atoms with Crippen LogP contribution in [-0.2, 0) is 9.59 Å². The van der Waals surface area contributed by atoms with E-state index < -0.39 is 0 Å². The lowest BCUT2D eigenvalue weighted by molar-refractivity contribution is -0.124. The van der Waals surface area contributed by atoms with Gasteiger partial charge < -0.3 is 14.8 Å². The SMILES string of the molecule is COc1ccc(/C=N/NC(=O)CCC(=O)Nc2cccc(Cl)c2C)c(OC)c1. The van der Waals surface area contributed by atoms with Gasteiger partial charge in [0.1, 0.15) is 11.5 Å². The lowest BCUT2D eigenvalue weighted by Crippen LogP contribution is -2.21. The summed E-state index contributed by atoms with van der Waals surface area (Å²) in [5.74, 6) is 0.565. The zero-order chi connectivity index (χ0) is 20.5. The molecule has 8 heteroatoms. The number of anilines is 1. The van der Waals surface area contributed by atoms with Gasteiger partial charge in [0.2, 0.25) is 11.8 Å². The van der Waals surface area contributed by atoms with Gasteiger partial charge in [0.05, 0.1) is 20.4 Å². The van der Waals surface area contributed by atoms with Gasteiger partial charge >= 0.3 is 0 Å². The molecule has 0 saturated carbocycles. The van der Waals surface area contributed by atoms with Crippen LogP contribution in [0.3, 0.4) is 0 Å². The molecule has 0 aliphatic rings. The number of methoxy groups -OCH3 is 2. The summed E-state index contributed by atoms with van der Waals surface area (Å²) in [4.78, 5) is 23.9. The molecular formula is C20H22ClN3O4. The number of rotatable bonds is 8. The molecule has 28 heavy (non-hydrogen) atoms. The number of carbonyl (C=O) groups is 2. The topological polar surface area (TPSA) is 89.0 Å². The van der Waals surface area contributed by atoms with E-state index >= 15 is 0 Å². The van der Waals surface area contributed by atoms with Crippen LogP contribution in [0.25, 0.3) is 0 Å². The van der Waals surface area contributed by atoms with E-state index in [2.05, 4.69) is 15.8 Å². The van der Waals surface area contributed by atoms with Crippen molar-refractivity contribution in [1.29, 1.82) is 0 Å². The number of amides is 2.